The third-order valence-corrected chi connectivity index (χ3v) is 10.3. The maximum absolute atomic E-state index is 11.9. The fraction of sp³-hybridized carbons (Fsp3) is 0.560. The highest BCUT2D eigenvalue weighted by molar-refractivity contribution is 6.74. The second-order valence-corrected chi connectivity index (χ2v) is 14.3. The summed E-state index contributed by atoms with van der Waals surface area (Å²) in [5, 5.41) is 0.139. The first-order valence-corrected chi connectivity index (χ1v) is 13.6. The molecule has 0 aliphatic heterocycles. The highest BCUT2D eigenvalue weighted by Gasteiger charge is 2.38. The summed E-state index contributed by atoms with van der Waals surface area (Å²) in [6.45, 7) is 22.6. The lowest BCUT2D eigenvalue weighted by molar-refractivity contribution is -0.146. The van der Waals surface area contributed by atoms with Crippen molar-refractivity contribution in [3.63, 3.8) is 0 Å². The van der Waals surface area contributed by atoms with Crippen LogP contribution < -0.4 is 0 Å². The van der Waals surface area contributed by atoms with E-state index >= 15 is 0 Å². The molecule has 0 saturated carbocycles. The summed E-state index contributed by atoms with van der Waals surface area (Å²) in [4.78, 5) is 11.9. The zero-order chi connectivity index (χ0) is 22.8. The predicted molar refractivity (Wildman–Crippen MR) is 127 cm³/mol. The lowest BCUT2D eigenvalue weighted by Crippen LogP contribution is -2.43. The van der Waals surface area contributed by atoms with Crippen LogP contribution in [0.2, 0.25) is 18.1 Å². The van der Waals surface area contributed by atoms with Gasteiger partial charge in [0.2, 0.25) is 0 Å². The molecule has 0 bridgehead atoms. The Kier molecular flexibility index (Phi) is 10.7. The van der Waals surface area contributed by atoms with Gasteiger partial charge in [0, 0.05) is 25.0 Å². The quantitative estimate of drug-likeness (QED) is 0.121. The fourth-order valence-electron chi connectivity index (χ4n) is 2.59. The third-order valence-electron chi connectivity index (χ3n) is 5.78. The van der Waals surface area contributed by atoms with Gasteiger partial charge in [-0.1, -0.05) is 76.8 Å². The van der Waals surface area contributed by atoms with E-state index in [0.29, 0.717) is 26.2 Å². The Morgan fingerprint density at radius 3 is 2.40 bits per heavy atom. The van der Waals surface area contributed by atoms with E-state index in [4.69, 9.17) is 13.9 Å². The van der Waals surface area contributed by atoms with Gasteiger partial charge < -0.3 is 13.9 Å². The average Bonchev–Trinajstić information content (AvgIpc) is 2.68. The van der Waals surface area contributed by atoms with Crippen LogP contribution in [0.1, 0.15) is 46.1 Å². The summed E-state index contributed by atoms with van der Waals surface area (Å²) in [5.41, 5.74) is 2.15. The van der Waals surface area contributed by atoms with Gasteiger partial charge in [-0.25, -0.2) is 4.79 Å². The molecule has 1 rings (SSSR count). The van der Waals surface area contributed by atoms with E-state index < -0.39 is 14.3 Å². The second-order valence-electron chi connectivity index (χ2n) is 9.47. The standard InChI is InChI=1S/C25H40O4Si/c1-9-24(26)29-23(21(3)18-28-30(7,8)25(4,5)6)17-20(2)15-16-27-19-22-13-11-10-12-14-22/h9-14,21,23H,1-2,15-19H2,3-8H3/t21-,23-/m1/s1. The van der Waals surface area contributed by atoms with Crippen LogP contribution in [0.5, 0.6) is 0 Å². The van der Waals surface area contributed by atoms with Crippen molar-refractivity contribution < 1.29 is 18.7 Å². The van der Waals surface area contributed by atoms with E-state index in [1.165, 1.54) is 6.08 Å². The Hall–Kier alpha value is -1.69. The SMILES string of the molecule is C=CC(=O)O[C@H](CC(=C)CCOCc1ccccc1)[C@H](C)CO[Si](C)(C)C(C)(C)C. The van der Waals surface area contributed by atoms with Crippen molar-refractivity contribution in [1.29, 1.82) is 0 Å². The summed E-state index contributed by atoms with van der Waals surface area (Å²) in [6, 6.07) is 10.1. The molecular weight excluding hydrogens is 392 g/mol. The molecule has 0 unspecified atom stereocenters. The molecule has 0 saturated heterocycles. The van der Waals surface area contributed by atoms with E-state index in [1.807, 2.05) is 30.3 Å². The highest BCUT2D eigenvalue weighted by Crippen LogP contribution is 2.37. The number of hydrogen-bond donors (Lipinski definition) is 0. The molecule has 30 heavy (non-hydrogen) atoms. The Morgan fingerprint density at radius 1 is 1.20 bits per heavy atom. The first kappa shape index (κ1) is 26.3. The molecule has 1 aromatic rings. The number of carbonyl (C=O) groups excluding carboxylic acids is 1. The maximum atomic E-state index is 11.9. The molecule has 5 heteroatoms. The summed E-state index contributed by atoms with van der Waals surface area (Å²) in [7, 11) is -1.86. The summed E-state index contributed by atoms with van der Waals surface area (Å²) < 4.78 is 17.7. The number of hydrogen-bond acceptors (Lipinski definition) is 4. The Labute approximate surface area is 184 Å². The summed E-state index contributed by atoms with van der Waals surface area (Å²) >= 11 is 0. The van der Waals surface area contributed by atoms with Gasteiger partial charge in [-0.3, -0.25) is 0 Å². The first-order valence-electron chi connectivity index (χ1n) is 10.7. The van der Waals surface area contributed by atoms with E-state index in [1.54, 1.807) is 0 Å². The normalized spacial score (nSPS) is 14.1. The zero-order valence-corrected chi connectivity index (χ0v) is 20.7. The van der Waals surface area contributed by atoms with Crippen molar-refractivity contribution in [2.45, 2.75) is 71.4 Å². The van der Waals surface area contributed by atoms with Crippen LogP contribution >= 0.6 is 0 Å². The number of rotatable bonds is 13. The van der Waals surface area contributed by atoms with Crippen molar-refractivity contribution in [1.82, 2.24) is 0 Å². The van der Waals surface area contributed by atoms with Gasteiger partial charge in [-0.2, -0.15) is 0 Å². The molecule has 0 spiro atoms. The van der Waals surface area contributed by atoms with Gasteiger partial charge >= 0.3 is 5.97 Å². The third kappa shape index (κ3) is 9.41. The minimum absolute atomic E-state index is 0.0602. The molecule has 0 fully saturated rings. The monoisotopic (exact) mass is 432 g/mol. The molecule has 1 aromatic carbocycles. The molecule has 0 N–H and O–H groups in total. The van der Waals surface area contributed by atoms with Gasteiger partial charge in [0.05, 0.1) is 13.2 Å². The van der Waals surface area contributed by atoms with Crippen molar-refractivity contribution in [3.8, 4) is 0 Å². The van der Waals surface area contributed by atoms with Crippen LogP contribution in [0.15, 0.2) is 55.1 Å². The van der Waals surface area contributed by atoms with E-state index in [0.717, 1.165) is 17.6 Å². The highest BCUT2D eigenvalue weighted by atomic mass is 28.4. The van der Waals surface area contributed by atoms with Gasteiger partial charge in [-0.15, -0.1) is 0 Å². The van der Waals surface area contributed by atoms with Crippen molar-refractivity contribution >= 4 is 14.3 Å². The lowest BCUT2D eigenvalue weighted by atomic mass is 9.97. The molecule has 0 aliphatic rings. The number of carbonyl (C=O) groups is 1. The van der Waals surface area contributed by atoms with Gasteiger partial charge in [-0.05, 0) is 30.1 Å². The van der Waals surface area contributed by atoms with Crippen molar-refractivity contribution in [3.05, 3.63) is 60.7 Å². The van der Waals surface area contributed by atoms with E-state index in [9.17, 15) is 4.79 Å². The molecule has 0 amide bonds. The largest absolute Gasteiger partial charge is 0.459 e. The number of ether oxygens (including phenoxy) is 2. The maximum Gasteiger partial charge on any atom is 0.330 e. The van der Waals surface area contributed by atoms with Crippen molar-refractivity contribution in [2.24, 2.45) is 5.92 Å². The van der Waals surface area contributed by atoms with Gasteiger partial charge in [0.25, 0.3) is 0 Å². The second kappa shape index (κ2) is 12.2. The Bertz CT molecular complexity index is 676. The zero-order valence-electron chi connectivity index (χ0n) is 19.7. The minimum atomic E-state index is -1.86. The molecule has 0 aliphatic carbocycles. The van der Waals surface area contributed by atoms with Gasteiger partial charge in [0.1, 0.15) is 6.10 Å². The summed E-state index contributed by atoms with van der Waals surface area (Å²) in [6.07, 6.45) is 2.24. The van der Waals surface area contributed by atoms with Gasteiger partial charge in [0.15, 0.2) is 8.32 Å². The van der Waals surface area contributed by atoms with Crippen LogP contribution in [0.25, 0.3) is 0 Å². The number of esters is 1. The van der Waals surface area contributed by atoms with Crippen LogP contribution in [0, 0.1) is 5.92 Å². The van der Waals surface area contributed by atoms with Crippen LogP contribution in [0.4, 0.5) is 0 Å². The molecule has 168 valence electrons. The first-order chi connectivity index (χ1) is 14.0. The Morgan fingerprint density at radius 2 is 1.83 bits per heavy atom. The van der Waals surface area contributed by atoms with Crippen LogP contribution in [-0.2, 0) is 25.3 Å². The van der Waals surface area contributed by atoms with E-state index in [2.05, 4.69) is 53.9 Å². The molecule has 0 aromatic heterocycles. The minimum Gasteiger partial charge on any atom is -0.459 e. The summed E-state index contributed by atoms with van der Waals surface area (Å²) in [5.74, 6) is -0.350. The van der Waals surface area contributed by atoms with Crippen LogP contribution in [-0.4, -0.2) is 33.6 Å². The lowest BCUT2D eigenvalue weighted by Gasteiger charge is -2.37. The predicted octanol–water partition coefficient (Wildman–Crippen LogP) is 6.30. The smallest absolute Gasteiger partial charge is 0.330 e. The van der Waals surface area contributed by atoms with Crippen molar-refractivity contribution in [2.75, 3.05) is 13.2 Å². The number of benzene rings is 1. The molecule has 2 atom stereocenters. The molecule has 4 nitrogen and oxygen atoms in total. The van der Waals surface area contributed by atoms with Crippen LogP contribution in [0.3, 0.4) is 0 Å². The fourth-order valence-corrected chi connectivity index (χ4v) is 3.70. The molecule has 0 heterocycles. The topological polar surface area (TPSA) is 44.8 Å². The molecule has 0 radical (unpaired) electrons. The molecular formula is C25H40O4Si. The Balaban J connectivity index is 2.56. The average molecular weight is 433 g/mol. The van der Waals surface area contributed by atoms with E-state index in [-0.39, 0.29) is 17.1 Å².